The molecule has 1 aliphatic rings. The average molecular weight is 314 g/mol. The lowest BCUT2D eigenvalue weighted by Crippen LogP contribution is -2.29. The number of nitrogens with one attached hydrogen (secondary N) is 1. The van der Waals surface area contributed by atoms with Crippen LogP contribution in [0.5, 0.6) is 5.75 Å². The molecule has 0 radical (unpaired) electrons. The highest BCUT2D eigenvalue weighted by Gasteiger charge is 2.20. The molecule has 1 aliphatic heterocycles. The number of aromatic nitrogens is 2. The minimum absolute atomic E-state index is 0.142. The molecule has 0 bridgehead atoms. The molecule has 2 aromatic rings. The summed E-state index contributed by atoms with van der Waals surface area (Å²) in [6.45, 7) is 4.04. The highest BCUT2D eigenvalue weighted by atomic mass is 16.6. The number of hydrogen-bond donors (Lipinski definition) is 2. The van der Waals surface area contributed by atoms with E-state index in [0.717, 1.165) is 5.69 Å². The fraction of sp³-hybridized carbons (Fsp3) is 0.312. The lowest BCUT2D eigenvalue weighted by atomic mass is 10.2. The molecular formula is C16H18N4O3. The standard InChI is InChI=1S/C16H18N4O3/c1-11-10-14(17-6-7-20-8-9-23-16(20)22)19-15(18-11)12-4-2-3-5-13(12)21/h2-5,10,21H,6-9H2,1H3,(H,17,18,19). The molecule has 7 heteroatoms. The Hall–Kier alpha value is -2.83. The fourth-order valence-corrected chi connectivity index (χ4v) is 2.39. The smallest absolute Gasteiger partial charge is 0.409 e. The molecule has 1 aromatic carbocycles. The third-order valence-corrected chi connectivity index (χ3v) is 3.53. The maximum absolute atomic E-state index is 11.4. The van der Waals surface area contributed by atoms with Crippen LogP contribution in [0.15, 0.2) is 30.3 Å². The minimum Gasteiger partial charge on any atom is -0.507 e. The Bertz CT molecular complexity index is 720. The summed E-state index contributed by atoms with van der Waals surface area (Å²) in [5.41, 5.74) is 1.38. The van der Waals surface area contributed by atoms with Crippen LogP contribution in [0.3, 0.4) is 0 Å². The molecule has 0 aliphatic carbocycles. The van der Waals surface area contributed by atoms with E-state index in [1.165, 1.54) is 0 Å². The lowest BCUT2D eigenvalue weighted by Gasteiger charge is -2.14. The number of aromatic hydroxyl groups is 1. The molecule has 1 amide bonds. The number of aryl methyl sites for hydroxylation is 1. The van der Waals surface area contributed by atoms with E-state index in [1.807, 2.05) is 19.1 Å². The van der Waals surface area contributed by atoms with Gasteiger partial charge in [0.2, 0.25) is 0 Å². The van der Waals surface area contributed by atoms with Crippen molar-refractivity contribution in [1.29, 1.82) is 0 Å². The molecule has 0 spiro atoms. The highest BCUT2D eigenvalue weighted by Crippen LogP contribution is 2.26. The second-order valence-corrected chi connectivity index (χ2v) is 5.26. The second-order valence-electron chi connectivity index (χ2n) is 5.26. The molecule has 1 saturated heterocycles. The summed E-state index contributed by atoms with van der Waals surface area (Å²) in [5, 5.41) is 13.1. The van der Waals surface area contributed by atoms with Crippen molar-refractivity contribution in [3.8, 4) is 17.1 Å². The fourth-order valence-electron chi connectivity index (χ4n) is 2.39. The number of anilines is 1. The number of hydrogen-bond acceptors (Lipinski definition) is 6. The number of nitrogens with zero attached hydrogens (tertiary/aromatic N) is 3. The minimum atomic E-state index is -0.277. The first kappa shape index (κ1) is 15.1. The molecule has 23 heavy (non-hydrogen) atoms. The van der Waals surface area contributed by atoms with Gasteiger partial charge in [0.25, 0.3) is 0 Å². The summed E-state index contributed by atoms with van der Waals surface area (Å²) in [7, 11) is 0. The SMILES string of the molecule is Cc1cc(NCCN2CCOC2=O)nc(-c2ccccc2O)n1. The first-order valence-corrected chi connectivity index (χ1v) is 7.43. The average Bonchev–Trinajstić information content (AvgIpc) is 2.93. The monoisotopic (exact) mass is 314 g/mol. The van der Waals surface area contributed by atoms with Crippen LogP contribution in [0.2, 0.25) is 0 Å². The van der Waals surface area contributed by atoms with Gasteiger partial charge in [-0.1, -0.05) is 12.1 Å². The number of benzene rings is 1. The highest BCUT2D eigenvalue weighted by molar-refractivity contribution is 5.69. The Morgan fingerprint density at radius 2 is 2.17 bits per heavy atom. The van der Waals surface area contributed by atoms with E-state index in [4.69, 9.17) is 4.74 Å². The Morgan fingerprint density at radius 1 is 1.35 bits per heavy atom. The Labute approximate surface area is 133 Å². The molecule has 1 aromatic heterocycles. The van der Waals surface area contributed by atoms with E-state index in [-0.39, 0.29) is 11.8 Å². The molecular weight excluding hydrogens is 296 g/mol. The van der Waals surface area contributed by atoms with Crippen molar-refractivity contribution in [2.24, 2.45) is 0 Å². The van der Waals surface area contributed by atoms with Crippen LogP contribution >= 0.6 is 0 Å². The summed E-state index contributed by atoms with van der Waals surface area (Å²) in [4.78, 5) is 21.8. The van der Waals surface area contributed by atoms with Crippen molar-refractivity contribution in [2.75, 3.05) is 31.6 Å². The van der Waals surface area contributed by atoms with Crippen LogP contribution < -0.4 is 5.32 Å². The van der Waals surface area contributed by atoms with Gasteiger partial charge in [0.15, 0.2) is 5.82 Å². The number of cyclic esters (lactones) is 1. The normalized spacial score (nSPS) is 14.0. The van der Waals surface area contributed by atoms with Gasteiger partial charge in [-0.3, -0.25) is 0 Å². The number of phenolic OH excluding ortho intramolecular Hbond substituents is 1. The molecule has 3 rings (SSSR count). The Morgan fingerprint density at radius 3 is 2.91 bits per heavy atom. The quantitative estimate of drug-likeness (QED) is 0.878. The summed E-state index contributed by atoms with van der Waals surface area (Å²) < 4.78 is 4.88. The first-order valence-electron chi connectivity index (χ1n) is 7.43. The van der Waals surface area contributed by atoms with Crippen LogP contribution in [0.1, 0.15) is 5.69 Å². The predicted molar refractivity (Wildman–Crippen MR) is 85.3 cm³/mol. The van der Waals surface area contributed by atoms with Gasteiger partial charge in [0, 0.05) is 24.8 Å². The van der Waals surface area contributed by atoms with Gasteiger partial charge in [0.1, 0.15) is 18.2 Å². The van der Waals surface area contributed by atoms with Gasteiger partial charge in [-0.15, -0.1) is 0 Å². The number of carbonyl (C=O) groups is 1. The third kappa shape index (κ3) is 3.50. The molecule has 1 fully saturated rings. The number of ether oxygens (including phenoxy) is 1. The van der Waals surface area contributed by atoms with E-state index in [9.17, 15) is 9.90 Å². The van der Waals surface area contributed by atoms with Gasteiger partial charge in [-0.05, 0) is 19.1 Å². The van der Waals surface area contributed by atoms with Crippen molar-refractivity contribution in [3.63, 3.8) is 0 Å². The van der Waals surface area contributed by atoms with Crippen molar-refractivity contribution in [3.05, 3.63) is 36.0 Å². The van der Waals surface area contributed by atoms with Crippen LogP contribution in [-0.2, 0) is 4.74 Å². The largest absolute Gasteiger partial charge is 0.507 e. The molecule has 0 saturated carbocycles. The summed E-state index contributed by atoms with van der Waals surface area (Å²) in [6.07, 6.45) is -0.277. The number of amides is 1. The molecule has 0 atom stereocenters. The van der Waals surface area contributed by atoms with E-state index in [1.54, 1.807) is 23.1 Å². The molecule has 2 N–H and O–H groups in total. The number of para-hydroxylation sites is 1. The van der Waals surface area contributed by atoms with Gasteiger partial charge in [-0.25, -0.2) is 14.8 Å². The van der Waals surface area contributed by atoms with E-state index < -0.39 is 0 Å². The van der Waals surface area contributed by atoms with Crippen molar-refractivity contribution >= 4 is 11.9 Å². The van der Waals surface area contributed by atoms with Crippen molar-refractivity contribution < 1.29 is 14.6 Å². The molecule has 120 valence electrons. The van der Waals surface area contributed by atoms with Crippen LogP contribution in [0.4, 0.5) is 10.6 Å². The molecule has 7 nitrogen and oxygen atoms in total. The van der Waals surface area contributed by atoms with Gasteiger partial charge in [0.05, 0.1) is 12.1 Å². The number of rotatable bonds is 5. The van der Waals surface area contributed by atoms with Crippen molar-refractivity contribution in [1.82, 2.24) is 14.9 Å². The van der Waals surface area contributed by atoms with E-state index >= 15 is 0 Å². The van der Waals surface area contributed by atoms with E-state index in [2.05, 4.69) is 15.3 Å². The number of carbonyl (C=O) groups excluding carboxylic acids is 1. The Kier molecular flexibility index (Phi) is 4.27. The van der Waals surface area contributed by atoms with Gasteiger partial charge >= 0.3 is 6.09 Å². The van der Waals surface area contributed by atoms with Gasteiger partial charge < -0.3 is 20.1 Å². The summed E-state index contributed by atoms with van der Waals surface area (Å²) in [6, 6.07) is 8.78. The third-order valence-electron chi connectivity index (χ3n) is 3.53. The van der Waals surface area contributed by atoms with Gasteiger partial charge in [-0.2, -0.15) is 0 Å². The zero-order chi connectivity index (χ0) is 16.2. The predicted octanol–water partition coefficient (Wildman–Crippen LogP) is 2.02. The molecule has 2 heterocycles. The molecule has 0 unspecified atom stereocenters. The lowest BCUT2D eigenvalue weighted by molar-refractivity contribution is 0.159. The van der Waals surface area contributed by atoms with E-state index in [0.29, 0.717) is 43.4 Å². The maximum atomic E-state index is 11.4. The summed E-state index contributed by atoms with van der Waals surface area (Å²) in [5.74, 6) is 1.26. The van der Waals surface area contributed by atoms with Crippen LogP contribution in [0.25, 0.3) is 11.4 Å². The van der Waals surface area contributed by atoms with Crippen LogP contribution in [-0.4, -0.2) is 52.3 Å². The first-order chi connectivity index (χ1) is 11.1. The zero-order valence-electron chi connectivity index (χ0n) is 12.8. The summed E-state index contributed by atoms with van der Waals surface area (Å²) >= 11 is 0. The van der Waals surface area contributed by atoms with Crippen molar-refractivity contribution in [2.45, 2.75) is 6.92 Å². The Balaban J connectivity index is 1.71. The topological polar surface area (TPSA) is 87.6 Å². The number of phenols is 1. The zero-order valence-corrected chi connectivity index (χ0v) is 12.8. The second kappa shape index (κ2) is 6.51. The van der Waals surface area contributed by atoms with Crippen LogP contribution in [0, 0.1) is 6.92 Å². The maximum Gasteiger partial charge on any atom is 0.409 e.